The van der Waals surface area contributed by atoms with Crippen LogP contribution in [0.2, 0.25) is 0 Å². The molecule has 1 heterocycles. The van der Waals surface area contributed by atoms with Crippen LogP contribution in [0.4, 0.5) is 5.69 Å². The Hall–Kier alpha value is -1.91. The number of esters is 2. The molecule has 1 aromatic heterocycles. The average Bonchev–Trinajstić information content (AvgIpc) is 2.83. The molecular formula is C21H13BrCl6N4O6. The molecule has 1 aromatic carbocycles. The summed E-state index contributed by atoms with van der Waals surface area (Å²) in [4.78, 5) is 61.2. The van der Waals surface area contributed by atoms with Gasteiger partial charge in [0.15, 0.2) is 29.4 Å². The van der Waals surface area contributed by atoms with Crippen molar-refractivity contribution in [2.75, 3.05) is 18.1 Å². The SMILES string of the molecule is CCOC(=O)C(=C=O)N(C(=C=O)C(=O)OCC)c1ccc(-c2nc(C(Cl)(Cl)Cl)nc(C(Cl)(Cl)Cl)n2)c(Br)c1. The molecule has 17 heteroatoms. The summed E-state index contributed by atoms with van der Waals surface area (Å²) in [6, 6.07) is 3.96. The van der Waals surface area contributed by atoms with Gasteiger partial charge in [-0.15, -0.1) is 0 Å². The van der Waals surface area contributed by atoms with Crippen LogP contribution in [0.3, 0.4) is 0 Å². The summed E-state index contributed by atoms with van der Waals surface area (Å²) in [5.74, 6) is -0.386. The number of hydrogen-bond donors (Lipinski definition) is 0. The summed E-state index contributed by atoms with van der Waals surface area (Å²) in [5.41, 5.74) is -1.48. The molecule has 0 atom stereocenters. The van der Waals surface area contributed by atoms with Crippen molar-refractivity contribution in [3.63, 3.8) is 0 Å². The molecule has 0 aliphatic carbocycles. The first kappa shape index (κ1) is 32.3. The van der Waals surface area contributed by atoms with Crippen molar-refractivity contribution in [3.8, 4) is 11.4 Å². The normalized spacial score (nSPS) is 11.2. The molecule has 0 unspecified atom stereocenters. The van der Waals surface area contributed by atoms with Crippen LogP contribution in [0, 0.1) is 0 Å². The molecule has 0 spiro atoms. The second-order valence-electron chi connectivity index (χ2n) is 6.64. The minimum atomic E-state index is -2.11. The summed E-state index contributed by atoms with van der Waals surface area (Å²) in [7, 11) is 0. The van der Waals surface area contributed by atoms with Crippen LogP contribution < -0.4 is 4.90 Å². The van der Waals surface area contributed by atoms with Crippen molar-refractivity contribution in [2.24, 2.45) is 0 Å². The molecule has 2 aromatic rings. The van der Waals surface area contributed by atoms with Gasteiger partial charge in [0.25, 0.3) is 0 Å². The number of carbonyl (C=O) groups is 2. The summed E-state index contributed by atoms with van der Waals surface area (Å²) in [6.07, 6.45) is 0. The summed E-state index contributed by atoms with van der Waals surface area (Å²) in [5, 5.41) is 0. The van der Waals surface area contributed by atoms with Crippen molar-refractivity contribution < 1.29 is 28.7 Å². The number of rotatable bonds is 8. The minimum absolute atomic E-state index is 0.0595. The van der Waals surface area contributed by atoms with Crippen molar-refractivity contribution in [3.05, 3.63) is 45.7 Å². The van der Waals surface area contributed by atoms with Gasteiger partial charge in [0.05, 0.1) is 13.2 Å². The van der Waals surface area contributed by atoms with Gasteiger partial charge in [0, 0.05) is 15.7 Å². The molecule has 0 radical (unpaired) electrons. The summed E-state index contributed by atoms with van der Waals surface area (Å²) >= 11 is 38.8. The Balaban J connectivity index is 2.77. The largest absolute Gasteiger partial charge is 0.461 e. The van der Waals surface area contributed by atoms with Crippen LogP contribution in [0.1, 0.15) is 25.5 Å². The molecule has 0 saturated heterocycles. The van der Waals surface area contributed by atoms with Crippen molar-refractivity contribution in [2.45, 2.75) is 21.4 Å². The zero-order valence-electron chi connectivity index (χ0n) is 19.0. The third-order valence-corrected chi connectivity index (χ3v) is 5.84. The monoisotopic (exact) mass is 706 g/mol. The number of anilines is 1. The molecule has 10 nitrogen and oxygen atoms in total. The number of halogens is 7. The average molecular weight is 710 g/mol. The predicted molar refractivity (Wildman–Crippen MR) is 146 cm³/mol. The van der Waals surface area contributed by atoms with E-state index in [4.69, 9.17) is 79.1 Å². The van der Waals surface area contributed by atoms with E-state index in [0.717, 1.165) is 0 Å². The third-order valence-electron chi connectivity index (χ3n) is 4.17. The Morgan fingerprint density at radius 1 is 0.868 bits per heavy atom. The highest BCUT2D eigenvalue weighted by molar-refractivity contribution is 9.10. The Bertz CT molecular complexity index is 1280. The molecule has 0 saturated carbocycles. The van der Waals surface area contributed by atoms with E-state index in [2.05, 4.69) is 30.9 Å². The van der Waals surface area contributed by atoms with Crippen LogP contribution >= 0.6 is 85.5 Å². The maximum Gasteiger partial charge on any atom is 0.367 e. The molecule has 0 aliphatic rings. The highest BCUT2D eigenvalue weighted by Gasteiger charge is 2.35. The van der Waals surface area contributed by atoms with E-state index in [1.54, 1.807) is 0 Å². The molecular weight excluding hydrogens is 697 g/mol. The van der Waals surface area contributed by atoms with Gasteiger partial charge in [-0.3, -0.25) is 4.90 Å². The van der Waals surface area contributed by atoms with E-state index >= 15 is 0 Å². The topological polar surface area (TPSA) is 129 Å². The Morgan fingerprint density at radius 3 is 1.66 bits per heavy atom. The van der Waals surface area contributed by atoms with Crippen LogP contribution in [0.25, 0.3) is 11.4 Å². The second-order valence-corrected chi connectivity index (χ2v) is 12.1. The molecule has 2 rings (SSSR count). The Labute approximate surface area is 253 Å². The fourth-order valence-corrected chi connectivity index (χ4v) is 3.75. The maximum atomic E-state index is 12.5. The quantitative estimate of drug-likeness (QED) is 0.154. The zero-order valence-corrected chi connectivity index (χ0v) is 25.2. The Morgan fingerprint density at radius 2 is 1.32 bits per heavy atom. The molecule has 0 bridgehead atoms. The van der Waals surface area contributed by atoms with Gasteiger partial charge in [-0.25, -0.2) is 34.1 Å². The van der Waals surface area contributed by atoms with Gasteiger partial charge < -0.3 is 9.47 Å². The number of benzene rings is 1. The number of carbonyl (C=O) groups excluding carboxylic acids is 4. The standard InChI is InChI=1S/C21H13BrCl6N4O6/c1-3-37-16(35)13(8-33)32(14(9-34)17(36)38-4-2)10-5-6-11(12(22)7-10)15-29-18(20(23,24)25)31-19(30-15)21(26,27)28/h5-7H,3-4H2,1-2H3. The number of hydrogen-bond acceptors (Lipinski definition) is 10. The third kappa shape index (κ3) is 7.82. The van der Waals surface area contributed by atoms with Gasteiger partial charge in [0.1, 0.15) is 0 Å². The second kappa shape index (κ2) is 13.4. The molecule has 0 N–H and O–H groups in total. The van der Waals surface area contributed by atoms with Crippen LogP contribution in [-0.2, 0) is 36.2 Å². The van der Waals surface area contributed by atoms with E-state index in [1.807, 2.05) is 0 Å². The first-order valence-electron chi connectivity index (χ1n) is 10.0. The van der Waals surface area contributed by atoms with Gasteiger partial charge in [-0.05, 0) is 48.0 Å². The lowest BCUT2D eigenvalue weighted by Crippen LogP contribution is -2.33. The summed E-state index contributed by atoms with van der Waals surface area (Å²) in [6.45, 7) is 2.75. The number of nitrogens with zero attached hydrogens (tertiary/aromatic N) is 4. The van der Waals surface area contributed by atoms with E-state index in [1.165, 1.54) is 43.9 Å². The number of ether oxygens (including phenoxy) is 2. The predicted octanol–water partition coefficient (Wildman–Crippen LogP) is 5.32. The Kier molecular flexibility index (Phi) is 11.4. The van der Waals surface area contributed by atoms with Gasteiger partial charge >= 0.3 is 11.9 Å². The lowest BCUT2D eigenvalue weighted by molar-refractivity contribution is -0.138. The van der Waals surface area contributed by atoms with Gasteiger partial charge in [-0.1, -0.05) is 69.6 Å². The van der Waals surface area contributed by atoms with E-state index < -0.39 is 30.9 Å². The summed E-state index contributed by atoms with van der Waals surface area (Å²) < 4.78 is 5.68. The zero-order chi connectivity index (χ0) is 28.8. The molecule has 0 fully saturated rings. The highest BCUT2D eigenvalue weighted by atomic mass is 79.9. The fourth-order valence-electron chi connectivity index (χ4n) is 2.70. The lowest BCUT2D eigenvalue weighted by Gasteiger charge is -2.24. The smallest absolute Gasteiger partial charge is 0.367 e. The first-order valence-corrected chi connectivity index (χ1v) is 13.1. The molecule has 0 aliphatic heterocycles. The van der Waals surface area contributed by atoms with Crippen LogP contribution in [0.15, 0.2) is 34.1 Å². The van der Waals surface area contributed by atoms with Crippen LogP contribution in [-0.4, -0.2) is 52.0 Å². The maximum absolute atomic E-state index is 12.5. The minimum Gasteiger partial charge on any atom is -0.461 e. The molecule has 202 valence electrons. The first-order chi connectivity index (χ1) is 17.7. The van der Waals surface area contributed by atoms with Gasteiger partial charge in [-0.2, -0.15) is 0 Å². The van der Waals surface area contributed by atoms with E-state index in [-0.39, 0.29) is 46.4 Å². The van der Waals surface area contributed by atoms with Crippen molar-refractivity contribution >= 4 is 115 Å². The fraction of sp³-hybridized carbons (Fsp3) is 0.286. The van der Waals surface area contributed by atoms with Crippen molar-refractivity contribution in [1.82, 2.24) is 15.0 Å². The van der Waals surface area contributed by atoms with Crippen LogP contribution in [0.5, 0.6) is 0 Å². The lowest BCUT2D eigenvalue weighted by atomic mass is 10.1. The van der Waals surface area contributed by atoms with E-state index in [0.29, 0.717) is 4.90 Å². The molecule has 38 heavy (non-hydrogen) atoms. The van der Waals surface area contributed by atoms with E-state index in [9.17, 15) is 19.2 Å². The highest BCUT2D eigenvalue weighted by Crippen LogP contribution is 2.42. The number of alkyl halides is 6. The molecule has 0 amide bonds. The number of aromatic nitrogens is 3. The van der Waals surface area contributed by atoms with Crippen molar-refractivity contribution in [1.29, 1.82) is 0 Å². The van der Waals surface area contributed by atoms with Gasteiger partial charge in [0.2, 0.25) is 19.0 Å².